The van der Waals surface area contributed by atoms with Gasteiger partial charge in [-0.1, -0.05) is 13.8 Å². The van der Waals surface area contributed by atoms with Gasteiger partial charge in [0.1, 0.15) is 12.2 Å². The smallest absolute Gasteiger partial charge is 0.261 e. The van der Waals surface area contributed by atoms with Crippen LogP contribution in [-0.2, 0) is 7.05 Å². The first-order valence-corrected chi connectivity index (χ1v) is 7.22. The van der Waals surface area contributed by atoms with Crippen LogP contribution in [0.2, 0.25) is 0 Å². The maximum Gasteiger partial charge on any atom is 0.261 e. The van der Waals surface area contributed by atoms with Crippen LogP contribution in [0, 0.1) is 5.92 Å². The summed E-state index contributed by atoms with van der Waals surface area (Å²) < 4.78 is 3.35. The van der Waals surface area contributed by atoms with Crippen molar-refractivity contribution in [3.05, 3.63) is 47.3 Å². The van der Waals surface area contributed by atoms with Crippen molar-refractivity contribution in [1.29, 1.82) is 0 Å². The first-order valence-electron chi connectivity index (χ1n) is 7.22. The van der Waals surface area contributed by atoms with E-state index in [1.165, 1.54) is 6.33 Å². The molecular weight excluding hydrogens is 280 g/mol. The lowest BCUT2D eigenvalue weighted by Gasteiger charge is -2.20. The van der Waals surface area contributed by atoms with E-state index in [1.54, 1.807) is 34.0 Å². The summed E-state index contributed by atoms with van der Waals surface area (Å²) in [5.41, 5.74) is 0.520. The van der Waals surface area contributed by atoms with Gasteiger partial charge in [-0.3, -0.25) is 19.0 Å². The Morgan fingerprint density at radius 2 is 2.09 bits per heavy atom. The van der Waals surface area contributed by atoms with E-state index < -0.39 is 0 Å². The monoisotopic (exact) mass is 298 g/mol. The lowest BCUT2D eigenvalue weighted by atomic mass is 10.0. The van der Waals surface area contributed by atoms with Gasteiger partial charge in [0.05, 0.1) is 29.5 Å². The highest BCUT2D eigenvalue weighted by Crippen LogP contribution is 2.22. The molecule has 0 unspecified atom stereocenters. The predicted octanol–water partition coefficient (Wildman–Crippen LogP) is 1.56. The standard InChI is InChI=1S/C15H18N6O/c1-10(2)6-13(14-17-8-19-20(14)3)21-9-18-12-7-16-5-4-11(12)15(21)22/h4-5,7-10,13H,6H2,1-3H3/t13-/m1/s1. The van der Waals surface area contributed by atoms with Crippen LogP contribution in [-0.4, -0.2) is 29.3 Å². The van der Waals surface area contributed by atoms with Crippen molar-refractivity contribution in [3.8, 4) is 0 Å². The van der Waals surface area contributed by atoms with Gasteiger partial charge in [-0.2, -0.15) is 5.10 Å². The average Bonchev–Trinajstić information content (AvgIpc) is 2.92. The molecule has 0 saturated carbocycles. The molecule has 3 aromatic rings. The Morgan fingerprint density at radius 1 is 1.27 bits per heavy atom. The Bertz CT molecular complexity index is 850. The summed E-state index contributed by atoms with van der Waals surface area (Å²) in [6, 6.07) is 1.51. The van der Waals surface area contributed by atoms with Crippen LogP contribution in [0.25, 0.3) is 10.9 Å². The zero-order chi connectivity index (χ0) is 15.7. The largest absolute Gasteiger partial charge is 0.288 e. The summed E-state index contributed by atoms with van der Waals surface area (Å²) in [7, 11) is 1.83. The molecule has 0 bridgehead atoms. The topological polar surface area (TPSA) is 78.5 Å². The molecule has 3 heterocycles. The first-order chi connectivity index (χ1) is 10.6. The van der Waals surface area contributed by atoms with E-state index in [0.717, 1.165) is 12.2 Å². The quantitative estimate of drug-likeness (QED) is 0.730. The Labute approximate surface area is 127 Å². The van der Waals surface area contributed by atoms with E-state index in [-0.39, 0.29) is 11.6 Å². The molecule has 7 nitrogen and oxygen atoms in total. The van der Waals surface area contributed by atoms with Crippen LogP contribution in [0.15, 0.2) is 35.9 Å². The molecule has 0 aliphatic heterocycles. The SMILES string of the molecule is CC(C)C[C@H](c1ncnn1C)n1cnc2cnccc2c1=O. The van der Waals surface area contributed by atoms with E-state index in [9.17, 15) is 4.79 Å². The second kappa shape index (κ2) is 5.67. The van der Waals surface area contributed by atoms with Crippen LogP contribution >= 0.6 is 0 Å². The molecule has 0 aliphatic rings. The van der Waals surface area contributed by atoms with Crippen LogP contribution < -0.4 is 5.56 Å². The fraction of sp³-hybridized carbons (Fsp3) is 0.400. The third-order valence-electron chi connectivity index (χ3n) is 3.66. The minimum Gasteiger partial charge on any atom is -0.288 e. The Hall–Kier alpha value is -2.57. The molecule has 3 aromatic heterocycles. The van der Waals surface area contributed by atoms with Crippen molar-refractivity contribution in [2.24, 2.45) is 13.0 Å². The fourth-order valence-electron chi connectivity index (χ4n) is 2.60. The number of pyridine rings is 1. The van der Waals surface area contributed by atoms with Crippen molar-refractivity contribution in [3.63, 3.8) is 0 Å². The molecule has 0 saturated heterocycles. The van der Waals surface area contributed by atoms with Crippen molar-refractivity contribution < 1.29 is 0 Å². The number of aromatic nitrogens is 6. The minimum atomic E-state index is -0.190. The third kappa shape index (κ3) is 2.49. The normalized spacial score (nSPS) is 12.9. The van der Waals surface area contributed by atoms with Gasteiger partial charge in [0.15, 0.2) is 0 Å². The second-order valence-electron chi connectivity index (χ2n) is 5.74. The fourth-order valence-corrected chi connectivity index (χ4v) is 2.60. The minimum absolute atomic E-state index is 0.0824. The van der Waals surface area contributed by atoms with E-state index in [4.69, 9.17) is 0 Å². The second-order valence-corrected chi connectivity index (χ2v) is 5.74. The first kappa shape index (κ1) is 14.4. The lowest BCUT2D eigenvalue weighted by molar-refractivity contribution is 0.411. The molecule has 0 fully saturated rings. The third-order valence-corrected chi connectivity index (χ3v) is 3.66. The summed E-state index contributed by atoms with van der Waals surface area (Å²) in [5.74, 6) is 1.16. The molecule has 0 radical (unpaired) electrons. The highest BCUT2D eigenvalue weighted by Gasteiger charge is 2.22. The summed E-state index contributed by atoms with van der Waals surface area (Å²) in [4.78, 5) is 25.5. The average molecular weight is 298 g/mol. The molecule has 0 aromatic carbocycles. The van der Waals surface area contributed by atoms with Crippen molar-refractivity contribution in [2.75, 3.05) is 0 Å². The predicted molar refractivity (Wildman–Crippen MR) is 82.4 cm³/mol. The molecule has 0 amide bonds. The zero-order valence-electron chi connectivity index (χ0n) is 12.8. The van der Waals surface area contributed by atoms with E-state index in [2.05, 4.69) is 33.9 Å². The van der Waals surface area contributed by atoms with Gasteiger partial charge in [-0.15, -0.1) is 0 Å². The number of rotatable bonds is 4. The number of nitrogens with zero attached hydrogens (tertiary/aromatic N) is 6. The van der Waals surface area contributed by atoms with Gasteiger partial charge in [0.25, 0.3) is 5.56 Å². The van der Waals surface area contributed by atoms with Crippen LogP contribution in [0.5, 0.6) is 0 Å². The highest BCUT2D eigenvalue weighted by atomic mass is 16.1. The van der Waals surface area contributed by atoms with Gasteiger partial charge >= 0.3 is 0 Å². The van der Waals surface area contributed by atoms with Gasteiger partial charge < -0.3 is 0 Å². The summed E-state index contributed by atoms with van der Waals surface area (Å²) >= 11 is 0. The van der Waals surface area contributed by atoms with Gasteiger partial charge in [0.2, 0.25) is 0 Å². The van der Waals surface area contributed by atoms with Crippen molar-refractivity contribution >= 4 is 10.9 Å². The maximum absolute atomic E-state index is 12.8. The molecule has 3 rings (SSSR count). The molecule has 0 spiro atoms. The van der Waals surface area contributed by atoms with Gasteiger partial charge in [-0.25, -0.2) is 9.97 Å². The number of hydrogen-bond acceptors (Lipinski definition) is 5. The summed E-state index contributed by atoms with van der Waals surface area (Å²) in [6.45, 7) is 4.24. The van der Waals surface area contributed by atoms with Crippen molar-refractivity contribution in [2.45, 2.75) is 26.3 Å². The molecular formula is C15H18N6O. The Morgan fingerprint density at radius 3 is 2.77 bits per heavy atom. The summed E-state index contributed by atoms with van der Waals surface area (Å²) in [5, 5.41) is 4.69. The molecule has 7 heteroatoms. The number of aryl methyl sites for hydroxylation is 1. The van der Waals surface area contributed by atoms with Crippen LogP contribution in [0.1, 0.15) is 32.1 Å². The number of fused-ring (bicyclic) bond motifs is 1. The number of hydrogen-bond donors (Lipinski definition) is 0. The molecule has 114 valence electrons. The summed E-state index contributed by atoms with van der Waals surface area (Å²) in [6.07, 6.45) is 7.07. The Kier molecular flexibility index (Phi) is 3.70. The highest BCUT2D eigenvalue weighted by molar-refractivity contribution is 5.75. The zero-order valence-corrected chi connectivity index (χ0v) is 12.8. The molecule has 0 N–H and O–H groups in total. The molecule has 22 heavy (non-hydrogen) atoms. The molecule has 0 aliphatic carbocycles. The van der Waals surface area contributed by atoms with Crippen molar-refractivity contribution in [1.82, 2.24) is 29.3 Å². The lowest BCUT2D eigenvalue weighted by Crippen LogP contribution is -2.28. The van der Waals surface area contributed by atoms with E-state index in [1.807, 2.05) is 7.05 Å². The molecule has 1 atom stereocenters. The van der Waals surface area contributed by atoms with Gasteiger partial charge in [0, 0.05) is 13.2 Å². The van der Waals surface area contributed by atoms with E-state index in [0.29, 0.717) is 16.8 Å². The Balaban J connectivity index is 2.18. The van der Waals surface area contributed by atoms with Gasteiger partial charge in [-0.05, 0) is 18.4 Å². The van der Waals surface area contributed by atoms with Crippen LogP contribution in [0.4, 0.5) is 0 Å². The van der Waals surface area contributed by atoms with E-state index >= 15 is 0 Å². The van der Waals surface area contributed by atoms with Crippen LogP contribution in [0.3, 0.4) is 0 Å². The maximum atomic E-state index is 12.8.